The summed E-state index contributed by atoms with van der Waals surface area (Å²) in [5.74, 6) is 0.959. The predicted molar refractivity (Wildman–Crippen MR) is 72.1 cm³/mol. The highest BCUT2D eigenvalue weighted by molar-refractivity contribution is 5.26. The van der Waals surface area contributed by atoms with Crippen molar-refractivity contribution in [2.24, 2.45) is 5.41 Å². The van der Waals surface area contributed by atoms with Crippen molar-refractivity contribution in [1.29, 1.82) is 0 Å². The highest BCUT2D eigenvalue weighted by Crippen LogP contribution is 2.17. The van der Waals surface area contributed by atoms with Crippen LogP contribution in [0.5, 0.6) is 5.75 Å². The Morgan fingerprint density at radius 2 is 1.44 bits per heavy atom. The van der Waals surface area contributed by atoms with Crippen LogP contribution < -0.4 is 4.74 Å². The third kappa shape index (κ3) is 8.34. The van der Waals surface area contributed by atoms with Gasteiger partial charge in [0.15, 0.2) is 0 Å². The quantitative estimate of drug-likeness (QED) is 0.696. The van der Waals surface area contributed by atoms with Crippen molar-refractivity contribution >= 4 is 0 Å². The first-order valence-corrected chi connectivity index (χ1v) is 6.08. The van der Waals surface area contributed by atoms with E-state index in [2.05, 4.69) is 53.7 Å². The van der Waals surface area contributed by atoms with Gasteiger partial charge in [0, 0.05) is 0 Å². The van der Waals surface area contributed by atoms with Crippen molar-refractivity contribution in [2.45, 2.75) is 48.0 Å². The molecule has 0 aliphatic rings. The first kappa shape index (κ1) is 15.0. The highest BCUT2D eigenvalue weighted by atomic mass is 16.5. The zero-order valence-electron chi connectivity index (χ0n) is 11.6. The molecule has 0 aliphatic carbocycles. The van der Waals surface area contributed by atoms with E-state index >= 15 is 0 Å². The second-order valence-electron chi connectivity index (χ2n) is 5.37. The van der Waals surface area contributed by atoms with E-state index in [0.717, 1.165) is 12.4 Å². The molecule has 0 fully saturated rings. The molecule has 0 amide bonds. The van der Waals surface area contributed by atoms with E-state index < -0.39 is 0 Å². The third-order valence-electron chi connectivity index (χ3n) is 1.69. The van der Waals surface area contributed by atoms with Crippen LogP contribution in [0.1, 0.15) is 46.6 Å². The molecule has 0 unspecified atom stereocenters. The van der Waals surface area contributed by atoms with Crippen molar-refractivity contribution in [1.82, 2.24) is 0 Å². The van der Waals surface area contributed by atoms with E-state index in [4.69, 9.17) is 4.74 Å². The molecule has 16 heavy (non-hydrogen) atoms. The topological polar surface area (TPSA) is 9.23 Å². The summed E-state index contributed by atoms with van der Waals surface area (Å²) >= 11 is 0. The minimum Gasteiger partial charge on any atom is -0.493 e. The van der Waals surface area contributed by atoms with Gasteiger partial charge in [-0.2, -0.15) is 0 Å². The molecule has 0 N–H and O–H groups in total. The molecule has 0 radical (unpaired) electrons. The van der Waals surface area contributed by atoms with Gasteiger partial charge >= 0.3 is 0 Å². The normalized spacial score (nSPS) is 10.4. The maximum Gasteiger partial charge on any atom is 0.119 e. The first-order valence-electron chi connectivity index (χ1n) is 6.08. The lowest BCUT2D eigenvalue weighted by Crippen LogP contribution is -2.16. The van der Waals surface area contributed by atoms with Gasteiger partial charge in [-0.1, -0.05) is 58.7 Å². The molecule has 1 aromatic rings. The molecular weight excluding hydrogens is 196 g/mol. The molecular formula is C15H26O. The van der Waals surface area contributed by atoms with Crippen molar-refractivity contribution in [3.63, 3.8) is 0 Å². The van der Waals surface area contributed by atoms with Gasteiger partial charge in [0.1, 0.15) is 5.75 Å². The average Bonchev–Trinajstić information content (AvgIpc) is 2.17. The Hall–Kier alpha value is -0.980. The molecule has 0 aromatic heterocycles. The minimum absolute atomic E-state index is 0.227. The van der Waals surface area contributed by atoms with Gasteiger partial charge in [-0.05, 0) is 24.5 Å². The summed E-state index contributed by atoms with van der Waals surface area (Å²) in [5.41, 5.74) is 1.49. The third-order valence-corrected chi connectivity index (χ3v) is 1.69. The Bertz CT molecular complexity index is 266. The van der Waals surface area contributed by atoms with Crippen molar-refractivity contribution in [2.75, 3.05) is 6.61 Å². The fourth-order valence-corrected chi connectivity index (χ4v) is 0.934. The SMILES string of the molecule is CCC.Cc1ccc(OCC(C)(C)C)cc1. The summed E-state index contributed by atoms with van der Waals surface area (Å²) in [5, 5.41) is 0. The van der Waals surface area contributed by atoms with E-state index in [1.807, 2.05) is 12.1 Å². The summed E-state index contributed by atoms with van der Waals surface area (Å²) in [6, 6.07) is 8.16. The molecule has 0 spiro atoms. The highest BCUT2D eigenvalue weighted by Gasteiger charge is 2.10. The number of benzene rings is 1. The van der Waals surface area contributed by atoms with Crippen LogP contribution in [0.15, 0.2) is 24.3 Å². The van der Waals surface area contributed by atoms with Gasteiger partial charge < -0.3 is 4.74 Å². The molecule has 0 atom stereocenters. The number of hydrogen-bond donors (Lipinski definition) is 0. The second kappa shape index (κ2) is 7.32. The largest absolute Gasteiger partial charge is 0.493 e. The van der Waals surface area contributed by atoms with Crippen LogP contribution in [0.4, 0.5) is 0 Å². The van der Waals surface area contributed by atoms with Crippen molar-refractivity contribution < 1.29 is 4.74 Å². The Morgan fingerprint density at radius 1 is 1.00 bits per heavy atom. The Balaban J connectivity index is 0.000000673. The van der Waals surface area contributed by atoms with Crippen LogP contribution in [-0.2, 0) is 0 Å². The van der Waals surface area contributed by atoms with Crippen LogP contribution in [0.3, 0.4) is 0 Å². The molecule has 0 saturated heterocycles. The molecule has 1 heteroatoms. The number of hydrogen-bond acceptors (Lipinski definition) is 1. The Kier molecular flexibility index (Phi) is 6.87. The molecule has 0 bridgehead atoms. The summed E-state index contributed by atoms with van der Waals surface area (Å²) in [6.45, 7) is 13.6. The fraction of sp³-hybridized carbons (Fsp3) is 0.600. The molecule has 1 nitrogen and oxygen atoms in total. The van der Waals surface area contributed by atoms with Gasteiger partial charge in [-0.25, -0.2) is 0 Å². The smallest absolute Gasteiger partial charge is 0.119 e. The monoisotopic (exact) mass is 222 g/mol. The minimum atomic E-state index is 0.227. The maximum atomic E-state index is 5.63. The maximum absolute atomic E-state index is 5.63. The van der Waals surface area contributed by atoms with E-state index in [0.29, 0.717) is 0 Å². The Labute approximate surface area is 101 Å². The van der Waals surface area contributed by atoms with Crippen LogP contribution in [0.25, 0.3) is 0 Å². The van der Waals surface area contributed by atoms with Crippen molar-refractivity contribution in [3.05, 3.63) is 29.8 Å². The van der Waals surface area contributed by atoms with Gasteiger partial charge in [0.2, 0.25) is 0 Å². The average molecular weight is 222 g/mol. The first-order chi connectivity index (χ1) is 7.39. The molecule has 1 aromatic carbocycles. The number of rotatable bonds is 2. The zero-order valence-corrected chi connectivity index (χ0v) is 11.6. The van der Waals surface area contributed by atoms with Crippen LogP contribution >= 0.6 is 0 Å². The second-order valence-corrected chi connectivity index (χ2v) is 5.37. The van der Waals surface area contributed by atoms with Gasteiger partial charge in [-0.3, -0.25) is 0 Å². The summed E-state index contributed by atoms with van der Waals surface area (Å²) < 4.78 is 5.63. The van der Waals surface area contributed by atoms with Gasteiger partial charge in [0.25, 0.3) is 0 Å². The number of aryl methyl sites for hydroxylation is 1. The van der Waals surface area contributed by atoms with Crippen LogP contribution in [0.2, 0.25) is 0 Å². The molecule has 0 aliphatic heterocycles. The Morgan fingerprint density at radius 3 is 1.81 bits per heavy atom. The summed E-state index contributed by atoms with van der Waals surface area (Å²) in [7, 11) is 0. The van der Waals surface area contributed by atoms with E-state index in [-0.39, 0.29) is 5.41 Å². The number of ether oxygens (including phenoxy) is 1. The van der Waals surface area contributed by atoms with Crippen LogP contribution in [0, 0.1) is 12.3 Å². The lowest BCUT2D eigenvalue weighted by atomic mass is 9.99. The van der Waals surface area contributed by atoms with E-state index in [1.54, 1.807) is 0 Å². The van der Waals surface area contributed by atoms with E-state index in [1.165, 1.54) is 12.0 Å². The predicted octanol–water partition coefficient (Wildman–Crippen LogP) is 4.84. The standard InChI is InChI=1S/C12H18O.C3H8/c1-10-5-7-11(8-6-10)13-9-12(2,3)4;1-3-2/h5-8H,9H2,1-4H3;3H2,1-2H3. The fourth-order valence-electron chi connectivity index (χ4n) is 0.934. The van der Waals surface area contributed by atoms with Gasteiger partial charge in [0.05, 0.1) is 6.61 Å². The molecule has 1 rings (SSSR count). The zero-order chi connectivity index (χ0) is 12.6. The van der Waals surface area contributed by atoms with Crippen LogP contribution in [-0.4, -0.2) is 6.61 Å². The molecule has 92 valence electrons. The lowest BCUT2D eigenvalue weighted by Gasteiger charge is -2.18. The van der Waals surface area contributed by atoms with Gasteiger partial charge in [-0.15, -0.1) is 0 Å². The van der Waals surface area contributed by atoms with Crippen molar-refractivity contribution in [3.8, 4) is 5.75 Å². The molecule has 0 heterocycles. The van der Waals surface area contributed by atoms with E-state index in [9.17, 15) is 0 Å². The summed E-state index contributed by atoms with van der Waals surface area (Å²) in [4.78, 5) is 0. The lowest BCUT2D eigenvalue weighted by molar-refractivity contribution is 0.198. The summed E-state index contributed by atoms with van der Waals surface area (Å²) in [6.07, 6.45) is 1.25. The molecule has 0 saturated carbocycles.